The highest BCUT2D eigenvalue weighted by Gasteiger charge is 2.29. The highest BCUT2D eigenvalue weighted by atomic mass is 16.5. The topological polar surface area (TPSA) is 67.4 Å². The summed E-state index contributed by atoms with van der Waals surface area (Å²) in [4.78, 5) is 22.4. The Kier molecular flexibility index (Phi) is 4.39. The van der Waals surface area contributed by atoms with Gasteiger partial charge in [-0.1, -0.05) is 37.6 Å². The monoisotopic (exact) mass is 262 g/mol. The van der Waals surface area contributed by atoms with Crippen LogP contribution in [0.4, 0.5) is 4.79 Å². The van der Waals surface area contributed by atoms with Crippen molar-refractivity contribution in [3.05, 3.63) is 35.4 Å². The fourth-order valence-electron chi connectivity index (χ4n) is 1.83. The van der Waals surface area contributed by atoms with Crippen LogP contribution in [-0.2, 0) is 22.6 Å². The fourth-order valence-corrected chi connectivity index (χ4v) is 1.83. The number of carbonyl (C=O) groups is 2. The average Bonchev–Trinajstić information content (AvgIpc) is 2.43. The third kappa shape index (κ3) is 3.71. The summed E-state index contributed by atoms with van der Waals surface area (Å²) in [5.41, 5.74) is 2.22. The number of hydrogen-bond donors (Lipinski definition) is 2. The smallest absolute Gasteiger partial charge is 0.408 e. The van der Waals surface area contributed by atoms with E-state index in [0.29, 0.717) is 6.54 Å². The molecule has 1 atom stereocenters. The Labute approximate surface area is 112 Å². The van der Waals surface area contributed by atoms with Crippen LogP contribution in [0.3, 0.4) is 0 Å². The number of rotatable bonds is 5. The zero-order valence-electron chi connectivity index (χ0n) is 10.9. The number of nitrogens with one attached hydrogen (secondary N) is 2. The van der Waals surface area contributed by atoms with Crippen LogP contribution in [-0.4, -0.2) is 24.6 Å². The molecule has 2 rings (SSSR count). The molecular weight excluding hydrogens is 244 g/mol. The van der Waals surface area contributed by atoms with E-state index in [4.69, 9.17) is 4.74 Å². The van der Waals surface area contributed by atoms with Gasteiger partial charge in [-0.25, -0.2) is 4.79 Å². The SMILES string of the molecule is CCCc1ccc(COC(=O)N[C@H]2CNC2=O)cc1. The number of β-lactam (4-membered cyclic amide) rings is 1. The number of benzene rings is 1. The lowest BCUT2D eigenvalue weighted by atomic mass is 10.1. The minimum absolute atomic E-state index is 0.166. The summed E-state index contributed by atoms with van der Waals surface area (Å²) in [6.07, 6.45) is 1.61. The molecule has 102 valence electrons. The van der Waals surface area contributed by atoms with Crippen LogP contribution >= 0.6 is 0 Å². The molecule has 5 heteroatoms. The van der Waals surface area contributed by atoms with Crippen molar-refractivity contribution in [1.82, 2.24) is 10.6 Å². The summed E-state index contributed by atoms with van der Waals surface area (Å²) in [5, 5.41) is 5.04. The molecule has 5 nitrogen and oxygen atoms in total. The number of amides is 2. The maximum Gasteiger partial charge on any atom is 0.408 e. The van der Waals surface area contributed by atoms with Crippen molar-refractivity contribution in [3.8, 4) is 0 Å². The molecule has 2 amide bonds. The Morgan fingerprint density at radius 1 is 1.37 bits per heavy atom. The maximum absolute atomic E-state index is 11.4. The first-order valence-electron chi connectivity index (χ1n) is 6.48. The normalized spacial score (nSPS) is 17.3. The molecule has 1 aromatic rings. The second-order valence-corrected chi connectivity index (χ2v) is 4.58. The van der Waals surface area contributed by atoms with Gasteiger partial charge in [0.15, 0.2) is 0 Å². The highest BCUT2D eigenvalue weighted by molar-refractivity contribution is 5.90. The van der Waals surface area contributed by atoms with Gasteiger partial charge in [0.1, 0.15) is 12.6 Å². The van der Waals surface area contributed by atoms with Gasteiger partial charge in [-0.05, 0) is 17.5 Å². The van der Waals surface area contributed by atoms with Gasteiger partial charge in [-0.15, -0.1) is 0 Å². The van der Waals surface area contributed by atoms with Crippen LogP contribution < -0.4 is 10.6 Å². The largest absolute Gasteiger partial charge is 0.445 e. The number of ether oxygens (including phenoxy) is 1. The van der Waals surface area contributed by atoms with E-state index in [1.165, 1.54) is 5.56 Å². The van der Waals surface area contributed by atoms with E-state index in [0.717, 1.165) is 18.4 Å². The van der Waals surface area contributed by atoms with Crippen molar-refractivity contribution in [2.75, 3.05) is 6.54 Å². The number of aryl methyl sites for hydroxylation is 1. The lowest BCUT2D eigenvalue weighted by Gasteiger charge is -2.26. The van der Waals surface area contributed by atoms with E-state index < -0.39 is 12.1 Å². The number of carbonyl (C=O) groups excluding carboxylic acids is 2. The van der Waals surface area contributed by atoms with Crippen molar-refractivity contribution in [2.45, 2.75) is 32.4 Å². The lowest BCUT2D eigenvalue weighted by Crippen LogP contribution is -2.61. The molecule has 1 saturated heterocycles. The van der Waals surface area contributed by atoms with E-state index >= 15 is 0 Å². The molecule has 0 bridgehead atoms. The van der Waals surface area contributed by atoms with E-state index in [9.17, 15) is 9.59 Å². The molecule has 0 aliphatic carbocycles. The zero-order chi connectivity index (χ0) is 13.7. The fraction of sp³-hybridized carbons (Fsp3) is 0.429. The van der Waals surface area contributed by atoms with Crippen LogP contribution in [0.25, 0.3) is 0 Å². The average molecular weight is 262 g/mol. The van der Waals surface area contributed by atoms with Gasteiger partial charge in [-0.2, -0.15) is 0 Å². The first-order chi connectivity index (χ1) is 9.19. The predicted molar refractivity (Wildman–Crippen MR) is 70.6 cm³/mol. The second kappa shape index (κ2) is 6.22. The Balaban J connectivity index is 1.75. The van der Waals surface area contributed by atoms with Gasteiger partial charge in [0, 0.05) is 6.54 Å². The van der Waals surface area contributed by atoms with Gasteiger partial charge in [0.2, 0.25) is 5.91 Å². The Morgan fingerprint density at radius 2 is 2.05 bits per heavy atom. The molecule has 0 saturated carbocycles. The molecule has 1 heterocycles. The Hall–Kier alpha value is -2.04. The highest BCUT2D eigenvalue weighted by Crippen LogP contribution is 2.08. The quantitative estimate of drug-likeness (QED) is 0.787. The van der Waals surface area contributed by atoms with Crippen LogP contribution in [0, 0.1) is 0 Å². The molecule has 1 aromatic carbocycles. The predicted octanol–water partition coefficient (Wildman–Crippen LogP) is 1.36. The van der Waals surface area contributed by atoms with Crippen molar-refractivity contribution in [3.63, 3.8) is 0 Å². The molecule has 0 spiro atoms. The minimum atomic E-state index is -0.558. The lowest BCUT2D eigenvalue weighted by molar-refractivity contribution is -0.128. The van der Waals surface area contributed by atoms with Gasteiger partial charge >= 0.3 is 6.09 Å². The van der Waals surface area contributed by atoms with Crippen molar-refractivity contribution in [1.29, 1.82) is 0 Å². The first-order valence-corrected chi connectivity index (χ1v) is 6.48. The summed E-state index contributed by atoms with van der Waals surface area (Å²) in [7, 11) is 0. The standard InChI is InChI=1S/C14H18N2O3/c1-2-3-10-4-6-11(7-5-10)9-19-14(18)16-12-8-15-13(12)17/h4-7,12H,2-3,8-9H2,1H3,(H,15,17)(H,16,18)/t12-/m0/s1. The Bertz CT molecular complexity index is 456. The third-order valence-corrected chi connectivity index (χ3v) is 3.02. The summed E-state index contributed by atoms with van der Waals surface area (Å²) in [6, 6.07) is 7.54. The summed E-state index contributed by atoms with van der Waals surface area (Å²) in [5.74, 6) is -0.166. The molecule has 1 fully saturated rings. The molecule has 0 unspecified atom stereocenters. The third-order valence-electron chi connectivity index (χ3n) is 3.02. The molecule has 2 N–H and O–H groups in total. The van der Waals surface area contributed by atoms with Crippen LogP contribution in [0.1, 0.15) is 24.5 Å². The molecule has 0 aromatic heterocycles. The summed E-state index contributed by atoms with van der Waals surface area (Å²) < 4.78 is 5.05. The summed E-state index contributed by atoms with van der Waals surface area (Å²) in [6.45, 7) is 2.82. The molecule has 1 aliphatic heterocycles. The van der Waals surface area contributed by atoms with Gasteiger partial charge < -0.3 is 15.4 Å². The minimum Gasteiger partial charge on any atom is -0.445 e. The molecule has 1 aliphatic rings. The van der Waals surface area contributed by atoms with E-state index in [1.54, 1.807) is 0 Å². The van der Waals surface area contributed by atoms with Crippen LogP contribution in [0.5, 0.6) is 0 Å². The zero-order valence-corrected chi connectivity index (χ0v) is 10.9. The van der Waals surface area contributed by atoms with E-state index in [-0.39, 0.29) is 12.5 Å². The van der Waals surface area contributed by atoms with Crippen molar-refractivity contribution in [2.24, 2.45) is 0 Å². The summed E-state index contributed by atoms with van der Waals surface area (Å²) >= 11 is 0. The number of hydrogen-bond acceptors (Lipinski definition) is 3. The van der Waals surface area contributed by atoms with Crippen LogP contribution in [0.15, 0.2) is 24.3 Å². The second-order valence-electron chi connectivity index (χ2n) is 4.58. The van der Waals surface area contributed by atoms with E-state index in [1.807, 2.05) is 24.3 Å². The van der Waals surface area contributed by atoms with Gasteiger partial charge in [-0.3, -0.25) is 4.79 Å². The molecular formula is C14H18N2O3. The van der Waals surface area contributed by atoms with Crippen LogP contribution in [0.2, 0.25) is 0 Å². The molecule has 19 heavy (non-hydrogen) atoms. The maximum atomic E-state index is 11.4. The Morgan fingerprint density at radius 3 is 2.58 bits per heavy atom. The number of alkyl carbamates (subject to hydrolysis) is 1. The van der Waals surface area contributed by atoms with Gasteiger partial charge in [0.05, 0.1) is 0 Å². The van der Waals surface area contributed by atoms with Gasteiger partial charge in [0.25, 0.3) is 0 Å². The van der Waals surface area contributed by atoms with Crippen molar-refractivity contribution >= 4 is 12.0 Å². The first kappa shape index (κ1) is 13.4. The van der Waals surface area contributed by atoms with Crippen molar-refractivity contribution < 1.29 is 14.3 Å². The molecule has 0 radical (unpaired) electrons. The van der Waals surface area contributed by atoms with E-state index in [2.05, 4.69) is 17.6 Å².